The summed E-state index contributed by atoms with van der Waals surface area (Å²) < 4.78 is 10.6. The lowest BCUT2D eigenvalue weighted by atomic mass is 10.2. The summed E-state index contributed by atoms with van der Waals surface area (Å²) in [7, 11) is 1.48. The quantitative estimate of drug-likeness (QED) is 0.767. The molecule has 0 saturated carbocycles. The summed E-state index contributed by atoms with van der Waals surface area (Å²) in [6.07, 6.45) is 0. The van der Waals surface area contributed by atoms with Crippen LogP contribution in [0.25, 0.3) is 11.0 Å². The molecule has 7 heteroatoms. The van der Waals surface area contributed by atoms with E-state index in [2.05, 4.69) is 20.2 Å². The maximum absolute atomic E-state index is 12.7. The van der Waals surface area contributed by atoms with Crippen LogP contribution < -0.4 is 15.0 Å². The minimum atomic E-state index is -0.357. The molecule has 1 amide bonds. The number of hydrogen-bond acceptors (Lipinski definition) is 6. The Kier molecular flexibility index (Phi) is 4.84. The molecule has 0 spiro atoms. The smallest absolute Gasteiger partial charge is 0.279 e. The number of rotatable bonds is 4. The number of nitrogens with zero attached hydrogens (tertiary/aromatic N) is 3. The predicted molar refractivity (Wildman–Crippen MR) is 104 cm³/mol. The van der Waals surface area contributed by atoms with Crippen LogP contribution in [-0.2, 0) is 4.74 Å². The topological polar surface area (TPSA) is 76.6 Å². The number of hydrogen-bond donors (Lipinski definition) is 1. The summed E-state index contributed by atoms with van der Waals surface area (Å²) in [5.74, 6) is -0.152. The molecule has 138 valence electrons. The minimum Gasteiger partial charge on any atom is -0.479 e. The number of amides is 1. The molecule has 0 unspecified atom stereocenters. The van der Waals surface area contributed by atoms with Crippen molar-refractivity contribution in [2.75, 3.05) is 43.6 Å². The van der Waals surface area contributed by atoms with E-state index >= 15 is 0 Å². The van der Waals surface area contributed by atoms with Crippen LogP contribution in [0.3, 0.4) is 0 Å². The number of para-hydroxylation sites is 2. The van der Waals surface area contributed by atoms with Crippen LogP contribution in [-0.4, -0.2) is 49.3 Å². The van der Waals surface area contributed by atoms with Crippen molar-refractivity contribution >= 4 is 28.3 Å². The number of methoxy groups -OCH3 is 1. The van der Waals surface area contributed by atoms with Crippen LogP contribution in [0.1, 0.15) is 10.5 Å². The Hall–Kier alpha value is -3.19. The van der Waals surface area contributed by atoms with E-state index in [9.17, 15) is 4.79 Å². The number of carbonyl (C=O) groups is 1. The molecule has 1 fully saturated rings. The highest BCUT2D eigenvalue weighted by Crippen LogP contribution is 2.22. The molecule has 1 aromatic heterocycles. The first-order valence-electron chi connectivity index (χ1n) is 8.79. The molecule has 1 aliphatic rings. The molecule has 4 rings (SSSR count). The Morgan fingerprint density at radius 2 is 1.70 bits per heavy atom. The number of aromatic nitrogens is 2. The second-order valence-electron chi connectivity index (χ2n) is 6.17. The molecular weight excluding hydrogens is 344 g/mol. The van der Waals surface area contributed by atoms with E-state index in [0.29, 0.717) is 16.7 Å². The lowest BCUT2D eigenvalue weighted by molar-refractivity contribution is 0.101. The summed E-state index contributed by atoms with van der Waals surface area (Å²) in [6.45, 7) is 3.21. The number of fused-ring (bicyclic) bond motifs is 1. The van der Waals surface area contributed by atoms with Crippen molar-refractivity contribution in [3.05, 3.63) is 54.2 Å². The number of benzene rings is 2. The summed E-state index contributed by atoms with van der Waals surface area (Å²) in [4.78, 5) is 23.7. The number of morpholine rings is 1. The molecule has 0 atom stereocenters. The fourth-order valence-corrected chi connectivity index (χ4v) is 3.04. The molecular formula is C20H20N4O3. The van der Waals surface area contributed by atoms with Gasteiger partial charge in [0.2, 0.25) is 5.88 Å². The molecule has 3 aromatic rings. The molecule has 1 N–H and O–H groups in total. The lowest BCUT2D eigenvalue weighted by Crippen LogP contribution is -2.36. The van der Waals surface area contributed by atoms with Crippen molar-refractivity contribution in [2.24, 2.45) is 0 Å². The van der Waals surface area contributed by atoms with E-state index in [1.807, 2.05) is 48.5 Å². The van der Waals surface area contributed by atoms with Gasteiger partial charge in [0.15, 0.2) is 5.69 Å². The van der Waals surface area contributed by atoms with Crippen molar-refractivity contribution in [2.45, 2.75) is 0 Å². The first-order chi connectivity index (χ1) is 13.2. The van der Waals surface area contributed by atoms with Crippen molar-refractivity contribution in [3.8, 4) is 5.88 Å². The Balaban J connectivity index is 1.54. The predicted octanol–water partition coefficient (Wildman–Crippen LogP) is 2.73. The average molecular weight is 364 g/mol. The Morgan fingerprint density at radius 3 is 2.37 bits per heavy atom. The minimum absolute atomic E-state index is 0.161. The van der Waals surface area contributed by atoms with Crippen LogP contribution in [0.15, 0.2) is 48.5 Å². The van der Waals surface area contributed by atoms with E-state index < -0.39 is 0 Å². The summed E-state index contributed by atoms with van der Waals surface area (Å²) in [5, 5.41) is 2.86. The second-order valence-corrected chi connectivity index (χ2v) is 6.17. The van der Waals surface area contributed by atoms with Crippen LogP contribution in [0, 0.1) is 0 Å². The van der Waals surface area contributed by atoms with Gasteiger partial charge in [-0.25, -0.2) is 9.97 Å². The van der Waals surface area contributed by atoms with Crippen molar-refractivity contribution in [1.82, 2.24) is 9.97 Å². The van der Waals surface area contributed by atoms with E-state index in [1.54, 1.807) is 0 Å². The summed E-state index contributed by atoms with van der Waals surface area (Å²) in [6, 6.07) is 15.1. The van der Waals surface area contributed by atoms with Crippen molar-refractivity contribution in [1.29, 1.82) is 0 Å². The maximum atomic E-state index is 12.7. The molecule has 0 aliphatic carbocycles. The van der Waals surface area contributed by atoms with Crippen LogP contribution in [0.4, 0.5) is 11.4 Å². The highest BCUT2D eigenvalue weighted by Gasteiger charge is 2.18. The normalized spacial score (nSPS) is 14.2. The van der Waals surface area contributed by atoms with Gasteiger partial charge in [0.25, 0.3) is 5.91 Å². The zero-order valence-corrected chi connectivity index (χ0v) is 15.0. The summed E-state index contributed by atoms with van der Waals surface area (Å²) in [5.41, 5.74) is 3.29. The third-order valence-corrected chi connectivity index (χ3v) is 4.45. The van der Waals surface area contributed by atoms with E-state index in [4.69, 9.17) is 9.47 Å². The van der Waals surface area contributed by atoms with Crippen LogP contribution >= 0.6 is 0 Å². The van der Waals surface area contributed by atoms with Crippen LogP contribution in [0.5, 0.6) is 5.88 Å². The summed E-state index contributed by atoms with van der Waals surface area (Å²) >= 11 is 0. The largest absolute Gasteiger partial charge is 0.479 e. The van der Waals surface area contributed by atoms with Gasteiger partial charge in [0, 0.05) is 24.5 Å². The van der Waals surface area contributed by atoms with E-state index in [0.717, 1.165) is 32.0 Å². The number of ether oxygens (including phenoxy) is 2. The van der Waals surface area contributed by atoms with Gasteiger partial charge in [-0.05, 0) is 36.4 Å². The molecule has 1 saturated heterocycles. The molecule has 27 heavy (non-hydrogen) atoms. The fraction of sp³-hybridized carbons (Fsp3) is 0.250. The SMILES string of the molecule is COc1nc2ccccc2nc1C(=O)Nc1ccc(N2CCOCC2)cc1. The lowest BCUT2D eigenvalue weighted by Gasteiger charge is -2.28. The van der Waals surface area contributed by atoms with E-state index in [1.165, 1.54) is 7.11 Å². The van der Waals surface area contributed by atoms with Gasteiger partial charge in [-0.2, -0.15) is 0 Å². The Morgan fingerprint density at radius 1 is 1.04 bits per heavy atom. The van der Waals surface area contributed by atoms with Crippen LogP contribution in [0.2, 0.25) is 0 Å². The van der Waals surface area contributed by atoms with Gasteiger partial charge in [-0.15, -0.1) is 0 Å². The van der Waals surface area contributed by atoms with Gasteiger partial charge in [-0.1, -0.05) is 12.1 Å². The maximum Gasteiger partial charge on any atom is 0.279 e. The third kappa shape index (κ3) is 3.68. The second kappa shape index (κ2) is 7.59. The van der Waals surface area contributed by atoms with Gasteiger partial charge < -0.3 is 19.7 Å². The number of carbonyl (C=O) groups excluding carboxylic acids is 1. The van der Waals surface area contributed by atoms with Gasteiger partial charge in [0.05, 0.1) is 31.4 Å². The zero-order valence-electron chi connectivity index (χ0n) is 15.0. The molecule has 0 radical (unpaired) electrons. The third-order valence-electron chi connectivity index (χ3n) is 4.45. The monoisotopic (exact) mass is 364 g/mol. The van der Waals surface area contributed by atoms with Crippen molar-refractivity contribution in [3.63, 3.8) is 0 Å². The fourth-order valence-electron chi connectivity index (χ4n) is 3.04. The first-order valence-corrected chi connectivity index (χ1v) is 8.79. The molecule has 1 aliphatic heterocycles. The highest BCUT2D eigenvalue weighted by atomic mass is 16.5. The number of anilines is 2. The average Bonchev–Trinajstić information content (AvgIpc) is 2.74. The first kappa shape index (κ1) is 17.2. The van der Waals surface area contributed by atoms with E-state index in [-0.39, 0.29) is 17.5 Å². The molecule has 2 heterocycles. The Labute approximate surface area is 156 Å². The molecule has 0 bridgehead atoms. The standard InChI is InChI=1S/C20H20N4O3/c1-26-20-18(22-16-4-2-3-5-17(16)23-20)19(25)21-14-6-8-15(9-7-14)24-10-12-27-13-11-24/h2-9H,10-13H2,1H3,(H,21,25). The molecule has 7 nitrogen and oxygen atoms in total. The number of nitrogens with one attached hydrogen (secondary N) is 1. The molecule has 2 aromatic carbocycles. The van der Waals surface area contributed by atoms with Gasteiger partial charge in [0.1, 0.15) is 0 Å². The zero-order chi connectivity index (χ0) is 18.6. The van der Waals surface area contributed by atoms with Crippen molar-refractivity contribution < 1.29 is 14.3 Å². The highest BCUT2D eigenvalue weighted by molar-refractivity contribution is 6.05. The van der Waals surface area contributed by atoms with Gasteiger partial charge in [-0.3, -0.25) is 4.79 Å². The van der Waals surface area contributed by atoms with Gasteiger partial charge >= 0.3 is 0 Å². The Bertz CT molecular complexity index is 953.